The fourth-order valence-corrected chi connectivity index (χ4v) is 3.78. The lowest BCUT2D eigenvalue weighted by atomic mass is 10.1. The molecule has 1 heterocycles. The van der Waals surface area contributed by atoms with E-state index >= 15 is 0 Å². The van der Waals surface area contributed by atoms with Gasteiger partial charge in [0.05, 0.1) is 11.6 Å². The number of aryl methyl sites for hydroxylation is 1. The average molecular weight is 420 g/mol. The van der Waals surface area contributed by atoms with Crippen molar-refractivity contribution in [1.82, 2.24) is 9.88 Å². The Kier molecular flexibility index (Phi) is 5.63. The van der Waals surface area contributed by atoms with Crippen LogP contribution in [0.2, 0.25) is 0 Å². The second kappa shape index (κ2) is 8.38. The van der Waals surface area contributed by atoms with Crippen LogP contribution in [0.15, 0.2) is 54.6 Å². The number of hydrogen-bond donors (Lipinski definition) is 2. The zero-order chi connectivity index (χ0) is 22.1. The number of amides is 2. The van der Waals surface area contributed by atoms with E-state index < -0.39 is 0 Å². The van der Waals surface area contributed by atoms with Gasteiger partial charge in [-0.2, -0.15) is 0 Å². The molecular formula is C25H26FN3O2. The lowest BCUT2D eigenvalue weighted by Crippen LogP contribution is -2.27. The van der Waals surface area contributed by atoms with Gasteiger partial charge in [-0.15, -0.1) is 0 Å². The molecule has 160 valence electrons. The minimum absolute atomic E-state index is 0.0746. The van der Waals surface area contributed by atoms with Crippen LogP contribution in [0.5, 0.6) is 0 Å². The van der Waals surface area contributed by atoms with Crippen LogP contribution in [0.3, 0.4) is 0 Å². The van der Waals surface area contributed by atoms with Crippen LogP contribution in [0.1, 0.15) is 53.1 Å². The summed E-state index contributed by atoms with van der Waals surface area (Å²) in [5.41, 5.74) is 4.81. The Hall–Kier alpha value is -3.41. The molecule has 3 aromatic rings. The smallest absolute Gasteiger partial charge is 0.253 e. The molecule has 0 saturated heterocycles. The molecule has 6 heteroatoms. The summed E-state index contributed by atoms with van der Waals surface area (Å²) in [6.07, 6.45) is 1.93. The molecule has 2 amide bonds. The minimum Gasteiger partial charge on any atom is -0.345 e. The van der Waals surface area contributed by atoms with Crippen molar-refractivity contribution < 1.29 is 14.0 Å². The van der Waals surface area contributed by atoms with Gasteiger partial charge in [-0.25, -0.2) is 4.39 Å². The Morgan fingerprint density at radius 2 is 1.68 bits per heavy atom. The number of rotatable bonds is 6. The summed E-state index contributed by atoms with van der Waals surface area (Å²) in [5.74, 6) is -0.228. The van der Waals surface area contributed by atoms with E-state index in [1.165, 1.54) is 12.1 Å². The lowest BCUT2D eigenvalue weighted by Gasteiger charge is -2.15. The van der Waals surface area contributed by atoms with Gasteiger partial charge in [0.2, 0.25) is 5.91 Å². The highest BCUT2D eigenvalue weighted by molar-refractivity contribution is 5.96. The van der Waals surface area contributed by atoms with Crippen LogP contribution in [0.25, 0.3) is 5.69 Å². The van der Waals surface area contributed by atoms with E-state index in [0.717, 1.165) is 41.2 Å². The first kappa shape index (κ1) is 20.8. The van der Waals surface area contributed by atoms with E-state index in [2.05, 4.69) is 10.6 Å². The Morgan fingerprint density at radius 3 is 2.29 bits per heavy atom. The summed E-state index contributed by atoms with van der Waals surface area (Å²) in [7, 11) is 0. The highest BCUT2D eigenvalue weighted by Crippen LogP contribution is 2.30. The molecule has 1 saturated carbocycles. The molecule has 1 atom stereocenters. The van der Waals surface area contributed by atoms with Gasteiger partial charge in [0, 0.05) is 28.7 Å². The molecule has 1 unspecified atom stereocenters. The zero-order valence-electron chi connectivity index (χ0n) is 17.9. The molecule has 0 spiro atoms. The highest BCUT2D eigenvalue weighted by Gasteiger charge is 2.29. The second-order valence-electron chi connectivity index (χ2n) is 8.18. The van der Waals surface area contributed by atoms with Gasteiger partial charge in [-0.3, -0.25) is 9.59 Å². The Balaban J connectivity index is 1.46. The van der Waals surface area contributed by atoms with Crippen LogP contribution in [-0.2, 0) is 4.79 Å². The van der Waals surface area contributed by atoms with Crippen molar-refractivity contribution in [3.63, 3.8) is 0 Å². The largest absolute Gasteiger partial charge is 0.345 e. The maximum absolute atomic E-state index is 13.3. The van der Waals surface area contributed by atoms with Crippen LogP contribution in [0.4, 0.5) is 10.1 Å². The summed E-state index contributed by atoms with van der Waals surface area (Å²) in [6, 6.07) is 15.4. The third kappa shape index (κ3) is 4.53. The van der Waals surface area contributed by atoms with Crippen molar-refractivity contribution in [2.45, 2.75) is 39.7 Å². The molecule has 1 aliphatic carbocycles. The fraction of sp³-hybridized carbons (Fsp3) is 0.280. The quantitative estimate of drug-likeness (QED) is 0.586. The predicted molar refractivity (Wildman–Crippen MR) is 119 cm³/mol. The second-order valence-corrected chi connectivity index (χ2v) is 8.18. The van der Waals surface area contributed by atoms with Crippen LogP contribution in [-0.4, -0.2) is 16.4 Å². The van der Waals surface area contributed by atoms with Crippen molar-refractivity contribution >= 4 is 17.5 Å². The maximum Gasteiger partial charge on any atom is 0.253 e. The number of carbonyl (C=O) groups excluding carboxylic acids is 2. The van der Waals surface area contributed by atoms with Gasteiger partial charge in [-0.05, 0) is 81.6 Å². The first-order valence-corrected chi connectivity index (χ1v) is 10.5. The SMILES string of the molecule is Cc1cc(C(=O)NC(C)c2ccc(NC(=O)C3CC3)cc2)c(C)n1-c1ccc(F)cc1. The van der Waals surface area contributed by atoms with E-state index in [-0.39, 0.29) is 29.6 Å². The van der Waals surface area contributed by atoms with Crippen molar-refractivity contribution in [2.75, 3.05) is 5.32 Å². The topological polar surface area (TPSA) is 63.1 Å². The Bertz CT molecular complexity index is 1110. The third-order valence-electron chi connectivity index (χ3n) is 5.73. The van der Waals surface area contributed by atoms with Gasteiger partial charge in [0.15, 0.2) is 0 Å². The molecule has 0 bridgehead atoms. The molecule has 1 fully saturated rings. The fourth-order valence-electron chi connectivity index (χ4n) is 3.78. The zero-order valence-corrected chi connectivity index (χ0v) is 17.9. The molecule has 0 aliphatic heterocycles. The number of nitrogens with one attached hydrogen (secondary N) is 2. The van der Waals surface area contributed by atoms with Crippen LogP contribution in [0, 0.1) is 25.6 Å². The average Bonchev–Trinajstić information content (AvgIpc) is 3.55. The maximum atomic E-state index is 13.3. The predicted octanol–water partition coefficient (Wildman–Crippen LogP) is 5.07. The molecule has 31 heavy (non-hydrogen) atoms. The minimum atomic E-state index is -0.295. The number of halogens is 1. The van der Waals surface area contributed by atoms with Crippen molar-refractivity contribution in [1.29, 1.82) is 0 Å². The normalized spacial score (nSPS) is 14.2. The Labute approximate surface area is 181 Å². The van der Waals surface area contributed by atoms with Crippen LogP contribution >= 0.6 is 0 Å². The summed E-state index contributed by atoms with van der Waals surface area (Å²) < 4.78 is 15.2. The van der Waals surface area contributed by atoms with E-state index in [9.17, 15) is 14.0 Å². The standard InChI is InChI=1S/C25H26FN3O2/c1-15-14-23(17(3)29(15)22-12-8-20(26)9-13-22)25(31)27-16(2)18-6-10-21(11-7-18)28-24(30)19-4-5-19/h6-14,16,19H,4-5H2,1-3H3,(H,27,31)(H,28,30). The number of benzene rings is 2. The van der Waals surface area contributed by atoms with E-state index in [4.69, 9.17) is 0 Å². The Morgan fingerprint density at radius 1 is 1.03 bits per heavy atom. The van der Waals surface area contributed by atoms with Gasteiger partial charge in [-0.1, -0.05) is 12.1 Å². The number of carbonyl (C=O) groups is 2. The number of nitrogens with zero attached hydrogens (tertiary/aromatic N) is 1. The lowest BCUT2D eigenvalue weighted by molar-refractivity contribution is -0.117. The van der Waals surface area contributed by atoms with Gasteiger partial charge >= 0.3 is 0 Å². The van der Waals surface area contributed by atoms with Gasteiger partial charge in [0.25, 0.3) is 5.91 Å². The summed E-state index contributed by atoms with van der Waals surface area (Å²) in [5, 5.41) is 5.96. The summed E-state index contributed by atoms with van der Waals surface area (Å²) in [6.45, 7) is 5.73. The first-order chi connectivity index (χ1) is 14.8. The molecule has 0 radical (unpaired) electrons. The molecule has 2 N–H and O–H groups in total. The molecular weight excluding hydrogens is 393 g/mol. The van der Waals surface area contributed by atoms with Gasteiger partial charge in [0.1, 0.15) is 5.82 Å². The first-order valence-electron chi connectivity index (χ1n) is 10.5. The molecule has 1 aliphatic rings. The number of aromatic nitrogens is 1. The van der Waals surface area contributed by atoms with E-state index in [0.29, 0.717) is 5.56 Å². The monoisotopic (exact) mass is 419 g/mol. The van der Waals surface area contributed by atoms with Gasteiger partial charge < -0.3 is 15.2 Å². The molecule has 4 rings (SSSR count). The molecule has 1 aromatic heterocycles. The summed E-state index contributed by atoms with van der Waals surface area (Å²) in [4.78, 5) is 24.8. The van der Waals surface area contributed by atoms with Crippen molar-refractivity contribution in [2.24, 2.45) is 5.92 Å². The van der Waals surface area contributed by atoms with Crippen molar-refractivity contribution in [3.05, 3.63) is 82.9 Å². The van der Waals surface area contributed by atoms with Crippen molar-refractivity contribution in [3.8, 4) is 5.69 Å². The third-order valence-corrected chi connectivity index (χ3v) is 5.73. The number of hydrogen-bond acceptors (Lipinski definition) is 2. The van der Waals surface area contributed by atoms with E-state index in [1.807, 2.05) is 55.7 Å². The van der Waals surface area contributed by atoms with Crippen LogP contribution < -0.4 is 10.6 Å². The highest BCUT2D eigenvalue weighted by atomic mass is 19.1. The molecule has 2 aromatic carbocycles. The summed E-state index contributed by atoms with van der Waals surface area (Å²) >= 11 is 0. The van der Waals surface area contributed by atoms with E-state index in [1.54, 1.807) is 12.1 Å². The molecule has 5 nitrogen and oxygen atoms in total. The number of anilines is 1.